The Morgan fingerprint density at radius 3 is 2.37 bits per heavy atom. The van der Waals surface area contributed by atoms with Crippen molar-refractivity contribution in [2.75, 3.05) is 60.9 Å². The number of aromatic nitrogens is 1. The van der Waals surface area contributed by atoms with Crippen LogP contribution in [0.1, 0.15) is 12.8 Å². The van der Waals surface area contributed by atoms with E-state index in [2.05, 4.69) is 38.3 Å². The van der Waals surface area contributed by atoms with E-state index in [-0.39, 0.29) is 5.91 Å². The Morgan fingerprint density at radius 1 is 0.963 bits per heavy atom. The lowest BCUT2D eigenvalue weighted by molar-refractivity contribution is -0.892. The lowest BCUT2D eigenvalue weighted by atomic mass is 10.2. The number of anilines is 3. The van der Waals surface area contributed by atoms with E-state index in [0.717, 1.165) is 50.8 Å². The highest BCUT2D eigenvalue weighted by molar-refractivity contribution is 5.91. The Labute approximate surface area is 160 Å². The highest BCUT2D eigenvalue weighted by Crippen LogP contribution is 2.21. The Hall–Kier alpha value is -2.60. The third-order valence-electron chi connectivity index (χ3n) is 5.54. The first-order valence-electron chi connectivity index (χ1n) is 9.98. The van der Waals surface area contributed by atoms with Crippen LogP contribution in [0.5, 0.6) is 0 Å². The second-order valence-electron chi connectivity index (χ2n) is 7.45. The number of carbonyl (C=O) groups is 1. The summed E-state index contributed by atoms with van der Waals surface area (Å²) >= 11 is 0. The summed E-state index contributed by atoms with van der Waals surface area (Å²) in [5, 5.41) is 3.05. The molecule has 2 fully saturated rings. The SMILES string of the molecule is O=C(C[NH+]1CCN(c2cccc[nH+]2)CC1)Nc1ccc(N2CCCC2)cc1. The van der Waals surface area contributed by atoms with Gasteiger partial charge < -0.3 is 15.1 Å². The molecule has 3 heterocycles. The van der Waals surface area contributed by atoms with Gasteiger partial charge in [-0.15, -0.1) is 0 Å². The Balaban J connectivity index is 1.24. The van der Waals surface area contributed by atoms with Crippen molar-refractivity contribution >= 4 is 23.1 Å². The Morgan fingerprint density at radius 2 is 1.70 bits per heavy atom. The lowest BCUT2D eigenvalue weighted by Gasteiger charge is -2.27. The number of nitrogens with one attached hydrogen (secondary N) is 3. The van der Waals surface area contributed by atoms with Gasteiger partial charge in [-0.1, -0.05) is 6.07 Å². The molecule has 0 aliphatic carbocycles. The van der Waals surface area contributed by atoms with E-state index < -0.39 is 0 Å². The van der Waals surface area contributed by atoms with Crippen molar-refractivity contribution in [3.05, 3.63) is 48.7 Å². The number of hydrogen-bond donors (Lipinski definition) is 2. The number of aromatic amines is 1. The van der Waals surface area contributed by atoms with Crippen molar-refractivity contribution in [3.63, 3.8) is 0 Å². The van der Waals surface area contributed by atoms with Gasteiger partial charge in [-0.3, -0.25) is 9.69 Å². The predicted molar refractivity (Wildman–Crippen MR) is 107 cm³/mol. The average molecular weight is 367 g/mol. The summed E-state index contributed by atoms with van der Waals surface area (Å²) in [6.45, 7) is 6.69. The molecule has 1 amide bonds. The summed E-state index contributed by atoms with van der Waals surface area (Å²) in [6.07, 6.45) is 4.50. The molecule has 0 saturated carbocycles. The van der Waals surface area contributed by atoms with Crippen LogP contribution in [-0.4, -0.2) is 51.7 Å². The molecule has 27 heavy (non-hydrogen) atoms. The van der Waals surface area contributed by atoms with Crippen LogP contribution in [-0.2, 0) is 4.79 Å². The van der Waals surface area contributed by atoms with Gasteiger partial charge in [0.05, 0.1) is 6.20 Å². The summed E-state index contributed by atoms with van der Waals surface area (Å²) in [7, 11) is 0. The van der Waals surface area contributed by atoms with Crippen LogP contribution in [0.15, 0.2) is 48.7 Å². The van der Waals surface area contributed by atoms with Crippen LogP contribution in [0.3, 0.4) is 0 Å². The maximum Gasteiger partial charge on any atom is 0.279 e. The first kappa shape index (κ1) is 17.8. The molecule has 1 aromatic heterocycles. The first-order valence-corrected chi connectivity index (χ1v) is 9.98. The Bertz CT molecular complexity index is 735. The van der Waals surface area contributed by atoms with Gasteiger partial charge in [0.15, 0.2) is 6.54 Å². The lowest BCUT2D eigenvalue weighted by Crippen LogP contribution is -3.15. The van der Waals surface area contributed by atoms with E-state index in [4.69, 9.17) is 0 Å². The zero-order chi connectivity index (χ0) is 18.5. The number of rotatable bonds is 5. The van der Waals surface area contributed by atoms with Gasteiger partial charge >= 0.3 is 0 Å². The quantitative estimate of drug-likeness (QED) is 0.807. The molecular formula is C21H29N5O+2. The van der Waals surface area contributed by atoms with E-state index in [1.54, 1.807) is 0 Å². The number of hydrogen-bond acceptors (Lipinski definition) is 3. The monoisotopic (exact) mass is 367 g/mol. The number of nitrogens with zero attached hydrogens (tertiary/aromatic N) is 2. The molecule has 2 aliphatic heterocycles. The summed E-state index contributed by atoms with van der Waals surface area (Å²) in [6, 6.07) is 14.4. The number of carbonyl (C=O) groups excluding carboxylic acids is 1. The van der Waals surface area contributed by atoms with Crippen LogP contribution in [0.2, 0.25) is 0 Å². The average Bonchev–Trinajstić information content (AvgIpc) is 3.25. The largest absolute Gasteiger partial charge is 0.372 e. The Kier molecular flexibility index (Phi) is 5.53. The fourth-order valence-electron chi connectivity index (χ4n) is 3.98. The van der Waals surface area contributed by atoms with Crippen LogP contribution in [0.25, 0.3) is 0 Å². The van der Waals surface area contributed by atoms with E-state index in [1.165, 1.54) is 23.4 Å². The van der Waals surface area contributed by atoms with E-state index in [1.807, 2.05) is 30.5 Å². The summed E-state index contributed by atoms with van der Waals surface area (Å²) in [4.78, 5) is 21.8. The van der Waals surface area contributed by atoms with Crippen LogP contribution < -0.4 is 25.0 Å². The van der Waals surface area contributed by atoms with Crippen molar-refractivity contribution in [1.82, 2.24) is 0 Å². The molecular weight excluding hydrogens is 338 g/mol. The number of quaternary nitrogens is 1. The molecule has 0 atom stereocenters. The maximum absolute atomic E-state index is 12.4. The highest BCUT2D eigenvalue weighted by atomic mass is 16.2. The fraction of sp³-hybridized carbons (Fsp3) is 0.429. The van der Waals surface area contributed by atoms with Gasteiger partial charge in [0.1, 0.15) is 26.2 Å². The minimum atomic E-state index is 0.0960. The van der Waals surface area contributed by atoms with Crippen molar-refractivity contribution in [3.8, 4) is 0 Å². The second kappa shape index (κ2) is 8.39. The van der Waals surface area contributed by atoms with Crippen LogP contribution >= 0.6 is 0 Å². The van der Waals surface area contributed by atoms with Crippen molar-refractivity contribution in [1.29, 1.82) is 0 Å². The zero-order valence-electron chi connectivity index (χ0n) is 15.8. The fourth-order valence-corrected chi connectivity index (χ4v) is 3.98. The van der Waals surface area contributed by atoms with Gasteiger partial charge in [0, 0.05) is 30.5 Å². The normalized spacial score (nSPS) is 17.9. The third-order valence-corrected chi connectivity index (χ3v) is 5.54. The van der Waals surface area contributed by atoms with Crippen LogP contribution in [0, 0.1) is 0 Å². The molecule has 0 spiro atoms. The molecule has 3 N–H and O–H groups in total. The molecule has 2 aromatic rings. The molecule has 6 nitrogen and oxygen atoms in total. The zero-order valence-corrected chi connectivity index (χ0v) is 15.8. The van der Waals surface area contributed by atoms with E-state index in [9.17, 15) is 4.79 Å². The minimum absolute atomic E-state index is 0.0960. The van der Waals surface area contributed by atoms with Gasteiger partial charge in [-0.2, -0.15) is 0 Å². The molecule has 0 radical (unpaired) electrons. The molecule has 142 valence electrons. The van der Waals surface area contributed by atoms with Gasteiger partial charge in [0.25, 0.3) is 11.7 Å². The van der Waals surface area contributed by atoms with Gasteiger partial charge in [0.2, 0.25) is 0 Å². The second-order valence-corrected chi connectivity index (χ2v) is 7.45. The van der Waals surface area contributed by atoms with Crippen molar-refractivity contribution in [2.24, 2.45) is 0 Å². The number of pyridine rings is 1. The van der Waals surface area contributed by atoms with Gasteiger partial charge in [-0.25, -0.2) is 4.98 Å². The number of piperazine rings is 1. The molecule has 1 aromatic carbocycles. The maximum atomic E-state index is 12.4. The summed E-state index contributed by atoms with van der Waals surface area (Å²) in [5.74, 6) is 1.25. The van der Waals surface area contributed by atoms with Crippen molar-refractivity contribution in [2.45, 2.75) is 12.8 Å². The molecule has 0 bridgehead atoms. The van der Waals surface area contributed by atoms with E-state index in [0.29, 0.717) is 6.54 Å². The number of benzene rings is 1. The molecule has 6 heteroatoms. The topological polar surface area (TPSA) is 54.2 Å². The first-order chi connectivity index (χ1) is 13.3. The van der Waals surface area contributed by atoms with Gasteiger partial charge in [-0.05, 0) is 43.2 Å². The predicted octanol–water partition coefficient (Wildman–Crippen LogP) is 0.445. The molecule has 2 aliphatic rings. The summed E-state index contributed by atoms with van der Waals surface area (Å²) < 4.78 is 0. The standard InChI is InChI=1S/C21H27N5O/c27-21(23-18-6-8-19(9-7-18)25-11-3-4-12-25)17-24-13-15-26(16-14-24)20-5-1-2-10-22-20/h1-2,5-10H,3-4,11-17H2,(H,23,27)/p+2. The van der Waals surface area contributed by atoms with E-state index >= 15 is 0 Å². The van der Waals surface area contributed by atoms with Crippen molar-refractivity contribution < 1.29 is 14.7 Å². The minimum Gasteiger partial charge on any atom is -0.372 e. The smallest absolute Gasteiger partial charge is 0.279 e. The number of amides is 1. The molecule has 0 unspecified atom stereocenters. The van der Waals surface area contributed by atoms with Crippen LogP contribution in [0.4, 0.5) is 17.2 Å². The molecule has 4 rings (SSSR count). The molecule has 2 saturated heterocycles. The third kappa shape index (κ3) is 4.57. The summed E-state index contributed by atoms with van der Waals surface area (Å²) in [5.41, 5.74) is 2.14. The highest BCUT2D eigenvalue weighted by Gasteiger charge is 2.27. The number of H-pyrrole nitrogens is 1.